The molecule has 1 aliphatic rings. The van der Waals surface area contributed by atoms with Gasteiger partial charge in [0.2, 0.25) is 5.91 Å². The quantitative estimate of drug-likeness (QED) is 0.544. The topological polar surface area (TPSA) is 122 Å². The molecule has 0 aliphatic carbocycles. The molecule has 0 radical (unpaired) electrons. The minimum atomic E-state index is -1.28. The van der Waals surface area contributed by atoms with E-state index in [1.807, 2.05) is 11.8 Å². The Labute approximate surface area is 115 Å². The zero-order chi connectivity index (χ0) is 14.3. The first-order valence-corrected chi connectivity index (χ1v) is 7.21. The smallest absolute Gasteiger partial charge is 0.326 e. The van der Waals surface area contributed by atoms with Gasteiger partial charge in [-0.25, -0.2) is 9.59 Å². The third-order valence-electron chi connectivity index (χ3n) is 2.77. The number of nitrogens with one attached hydrogen (secondary N) is 2. The van der Waals surface area contributed by atoms with Gasteiger partial charge in [-0.2, -0.15) is 11.8 Å². The van der Waals surface area contributed by atoms with Crippen molar-refractivity contribution in [1.82, 2.24) is 10.6 Å². The van der Waals surface area contributed by atoms with Gasteiger partial charge in [-0.3, -0.25) is 4.79 Å². The van der Waals surface area contributed by atoms with Crippen LogP contribution in [-0.2, 0) is 9.59 Å². The molecule has 108 valence electrons. The number of carboxylic acid groups (broad SMARTS) is 1. The Bertz CT molecular complexity index is 345. The monoisotopic (exact) mass is 289 g/mol. The number of rotatable bonds is 6. The van der Waals surface area contributed by atoms with Crippen molar-refractivity contribution in [2.24, 2.45) is 5.73 Å². The third-order valence-corrected chi connectivity index (χ3v) is 4.17. The number of primary amides is 1. The fourth-order valence-electron chi connectivity index (χ4n) is 1.79. The number of carboxylic acids is 1. The Morgan fingerprint density at radius 2 is 2.11 bits per heavy atom. The molecule has 1 unspecified atom stereocenters. The van der Waals surface area contributed by atoms with E-state index < -0.39 is 30.4 Å². The first-order valence-electron chi connectivity index (χ1n) is 6.16. The molecule has 0 aromatic heterocycles. The minimum absolute atomic E-state index is 0.374. The molecule has 1 fully saturated rings. The number of hydrogen-bond donors (Lipinski definition) is 4. The second kappa shape index (κ2) is 7.88. The van der Waals surface area contributed by atoms with Crippen LogP contribution in [0.3, 0.4) is 0 Å². The molecule has 1 saturated heterocycles. The van der Waals surface area contributed by atoms with Gasteiger partial charge >= 0.3 is 12.0 Å². The Kier molecular flexibility index (Phi) is 6.48. The number of aliphatic carboxylic acids is 1. The summed E-state index contributed by atoms with van der Waals surface area (Å²) in [7, 11) is 0. The lowest BCUT2D eigenvalue weighted by molar-refractivity contribution is -0.140. The minimum Gasteiger partial charge on any atom is -0.480 e. The highest BCUT2D eigenvalue weighted by atomic mass is 32.2. The van der Waals surface area contributed by atoms with E-state index in [-0.39, 0.29) is 0 Å². The standard InChI is InChI=1S/C11H19N3O4S/c12-9(15)5-8(10(16)17)14-11(18)13-6-7-3-1-2-4-19-7/h7-8H,1-6H2,(H2,12,15)(H,16,17)(H2,13,14,18)/t7?,8-/m1/s1. The van der Waals surface area contributed by atoms with Crippen LogP contribution in [0.4, 0.5) is 4.79 Å². The van der Waals surface area contributed by atoms with Crippen molar-refractivity contribution in [2.75, 3.05) is 12.3 Å². The molecule has 0 aromatic rings. The van der Waals surface area contributed by atoms with E-state index in [0.717, 1.165) is 18.6 Å². The van der Waals surface area contributed by atoms with Crippen LogP contribution in [0.2, 0.25) is 0 Å². The summed E-state index contributed by atoms with van der Waals surface area (Å²) in [6.07, 6.45) is 2.99. The Morgan fingerprint density at radius 3 is 2.63 bits per heavy atom. The molecule has 0 saturated carbocycles. The second-order valence-electron chi connectivity index (χ2n) is 4.40. The highest BCUT2D eigenvalue weighted by molar-refractivity contribution is 7.99. The number of amides is 3. The summed E-state index contributed by atoms with van der Waals surface area (Å²) in [5, 5.41) is 14.1. The molecule has 1 rings (SSSR count). The van der Waals surface area contributed by atoms with E-state index >= 15 is 0 Å². The largest absolute Gasteiger partial charge is 0.480 e. The zero-order valence-corrected chi connectivity index (χ0v) is 11.4. The summed E-state index contributed by atoms with van der Waals surface area (Å²) < 4.78 is 0. The van der Waals surface area contributed by atoms with E-state index in [4.69, 9.17) is 10.8 Å². The molecule has 5 N–H and O–H groups in total. The molecular formula is C11H19N3O4S. The molecule has 3 amide bonds. The van der Waals surface area contributed by atoms with Gasteiger partial charge in [0.05, 0.1) is 6.42 Å². The van der Waals surface area contributed by atoms with Crippen LogP contribution in [-0.4, -0.2) is 46.6 Å². The average Bonchev–Trinajstić information content (AvgIpc) is 2.36. The van der Waals surface area contributed by atoms with Crippen LogP contribution in [0.15, 0.2) is 0 Å². The maximum atomic E-state index is 11.5. The Morgan fingerprint density at radius 1 is 1.37 bits per heavy atom. The molecule has 8 heteroatoms. The van der Waals surface area contributed by atoms with Gasteiger partial charge in [0, 0.05) is 11.8 Å². The molecule has 1 heterocycles. The number of nitrogens with two attached hydrogens (primary N) is 1. The maximum absolute atomic E-state index is 11.5. The van der Waals surface area contributed by atoms with Gasteiger partial charge in [0.1, 0.15) is 6.04 Å². The summed E-state index contributed by atoms with van der Waals surface area (Å²) >= 11 is 1.81. The number of thioether (sulfide) groups is 1. The first-order chi connectivity index (χ1) is 8.99. The van der Waals surface area contributed by atoms with Gasteiger partial charge in [-0.15, -0.1) is 0 Å². The summed E-state index contributed by atoms with van der Waals surface area (Å²) in [4.78, 5) is 33.0. The summed E-state index contributed by atoms with van der Waals surface area (Å²) in [6.45, 7) is 0.499. The molecule has 0 aromatic carbocycles. The van der Waals surface area contributed by atoms with Crippen LogP contribution in [0.5, 0.6) is 0 Å². The predicted molar refractivity (Wildman–Crippen MR) is 71.9 cm³/mol. The highest BCUT2D eigenvalue weighted by Gasteiger charge is 2.22. The van der Waals surface area contributed by atoms with E-state index in [9.17, 15) is 14.4 Å². The van der Waals surface area contributed by atoms with E-state index in [1.165, 1.54) is 6.42 Å². The first kappa shape index (κ1) is 15.6. The van der Waals surface area contributed by atoms with Crippen molar-refractivity contribution in [2.45, 2.75) is 37.0 Å². The maximum Gasteiger partial charge on any atom is 0.326 e. The molecular weight excluding hydrogens is 270 g/mol. The molecule has 0 bridgehead atoms. The lowest BCUT2D eigenvalue weighted by atomic mass is 10.2. The van der Waals surface area contributed by atoms with E-state index in [0.29, 0.717) is 11.8 Å². The van der Waals surface area contributed by atoms with Gasteiger partial charge in [0.25, 0.3) is 0 Å². The summed E-state index contributed by atoms with van der Waals surface area (Å²) in [5.41, 5.74) is 4.92. The SMILES string of the molecule is NC(=O)C[C@@H](NC(=O)NCC1CCCCS1)C(=O)O. The number of urea groups is 1. The number of carbonyl (C=O) groups is 3. The van der Waals surface area contributed by atoms with E-state index in [1.54, 1.807) is 0 Å². The molecule has 0 spiro atoms. The van der Waals surface area contributed by atoms with E-state index in [2.05, 4.69) is 10.6 Å². The molecule has 7 nitrogen and oxygen atoms in total. The van der Waals surface area contributed by atoms with Gasteiger partial charge in [0.15, 0.2) is 0 Å². The average molecular weight is 289 g/mol. The van der Waals surface area contributed by atoms with Crippen LogP contribution in [0.1, 0.15) is 25.7 Å². The van der Waals surface area contributed by atoms with Crippen LogP contribution >= 0.6 is 11.8 Å². The van der Waals surface area contributed by atoms with Gasteiger partial charge in [-0.1, -0.05) is 6.42 Å². The lowest BCUT2D eigenvalue weighted by Gasteiger charge is -2.22. The predicted octanol–water partition coefficient (Wildman–Crippen LogP) is -0.100. The molecule has 2 atom stereocenters. The van der Waals surface area contributed by atoms with Crippen LogP contribution in [0.25, 0.3) is 0 Å². The molecule has 1 aliphatic heterocycles. The van der Waals surface area contributed by atoms with Gasteiger partial charge < -0.3 is 21.5 Å². The fourth-order valence-corrected chi connectivity index (χ4v) is 3.02. The Balaban J connectivity index is 2.31. The highest BCUT2D eigenvalue weighted by Crippen LogP contribution is 2.24. The number of carbonyl (C=O) groups excluding carboxylic acids is 2. The van der Waals surface area contributed by atoms with Gasteiger partial charge in [-0.05, 0) is 18.6 Å². The van der Waals surface area contributed by atoms with Crippen molar-refractivity contribution in [3.05, 3.63) is 0 Å². The normalized spacial score (nSPS) is 20.3. The summed E-state index contributed by atoms with van der Waals surface area (Å²) in [6, 6.07) is -1.86. The van der Waals surface area contributed by atoms with Crippen LogP contribution in [0, 0.1) is 0 Å². The summed E-state index contributed by atoms with van der Waals surface area (Å²) in [5.74, 6) is -0.954. The van der Waals surface area contributed by atoms with Crippen molar-refractivity contribution in [3.8, 4) is 0 Å². The Hall–Kier alpha value is -1.44. The zero-order valence-electron chi connectivity index (χ0n) is 10.6. The van der Waals surface area contributed by atoms with Crippen LogP contribution < -0.4 is 16.4 Å². The van der Waals surface area contributed by atoms with Crippen molar-refractivity contribution in [3.63, 3.8) is 0 Å². The third kappa shape index (κ3) is 6.32. The fraction of sp³-hybridized carbons (Fsp3) is 0.727. The number of hydrogen-bond acceptors (Lipinski definition) is 4. The van der Waals surface area contributed by atoms with Crippen molar-refractivity contribution in [1.29, 1.82) is 0 Å². The second-order valence-corrected chi connectivity index (χ2v) is 5.81. The molecule has 19 heavy (non-hydrogen) atoms. The lowest BCUT2D eigenvalue weighted by Crippen LogP contribution is -2.48. The van der Waals surface area contributed by atoms with Crippen molar-refractivity contribution < 1.29 is 19.5 Å². The van der Waals surface area contributed by atoms with Crippen molar-refractivity contribution >= 4 is 29.7 Å².